The molecule has 0 spiro atoms. The maximum Gasteiger partial charge on any atom is 0.338 e. The first-order valence-electron chi connectivity index (χ1n) is 21.4. The maximum absolute atomic E-state index is 12.6. The molecule has 0 bridgehead atoms. The van der Waals surface area contributed by atoms with Crippen molar-refractivity contribution in [2.45, 2.75) is 182 Å². The van der Waals surface area contributed by atoms with Crippen molar-refractivity contribution in [2.24, 2.45) is 0 Å². The smallest absolute Gasteiger partial charge is 0.338 e. The summed E-state index contributed by atoms with van der Waals surface area (Å²) >= 11 is 0. The Morgan fingerprint density at radius 3 is 0.920 bits per heavy atom. The van der Waals surface area contributed by atoms with Gasteiger partial charge >= 0.3 is 11.9 Å². The number of esters is 2. The monoisotopic (exact) mass is 701 g/mol. The number of rotatable bonds is 36. The van der Waals surface area contributed by atoms with Gasteiger partial charge in [0.15, 0.2) is 0 Å². The maximum atomic E-state index is 12.6. The van der Waals surface area contributed by atoms with Crippen LogP contribution in [0.25, 0.3) is 0 Å². The summed E-state index contributed by atoms with van der Waals surface area (Å²) in [6.07, 6.45) is 32.5. The van der Waals surface area contributed by atoms with Crippen molar-refractivity contribution in [2.75, 3.05) is 52.5 Å². The molecule has 0 aliphatic heterocycles. The summed E-state index contributed by atoms with van der Waals surface area (Å²) in [6, 6.07) is 6.65. The van der Waals surface area contributed by atoms with Crippen LogP contribution in [0, 0.1) is 0 Å². The molecule has 0 fully saturated rings. The molecule has 1 rings (SSSR count). The van der Waals surface area contributed by atoms with E-state index in [0.29, 0.717) is 24.3 Å². The van der Waals surface area contributed by atoms with Gasteiger partial charge in [-0.3, -0.25) is 0 Å². The molecule has 1 aromatic rings. The number of hydrogen-bond acceptors (Lipinski definition) is 6. The summed E-state index contributed by atoms with van der Waals surface area (Å²) in [6.45, 7) is 15.2. The minimum absolute atomic E-state index is 0.345. The standard InChI is InChI=1S/C44H80N2O4/c1-5-9-11-13-15-17-19-21-23-25-27-29-35-45(7-3)37-39-49-43(47)41-31-33-42(34-32-41)44(48)50-40-38-46(8-4)36-30-28-26-24-22-20-18-16-14-12-10-6-2/h31-34H,5-30,35-40H2,1-4H3. The number of carbonyl (C=O) groups is 2. The third-order valence-electron chi connectivity index (χ3n) is 10.2. The molecule has 0 saturated carbocycles. The summed E-state index contributed by atoms with van der Waals surface area (Å²) in [5.41, 5.74) is 0.926. The van der Waals surface area contributed by atoms with Gasteiger partial charge in [-0.1, -0.05) is 169 Å². The molecule has 50 heavy (non-hydrogen) atoms. The Kier molecular flexibility index (Phi) is 31.5. The molecular formula is C44H80N2O4. The van der Waals surface area contributed by atoms with Gasteiger partial charge in [-0.05, 0) is 63.3 Å². The molecule has 290 valence electrons. The summed E-state index contributed by atoms with van der Waals surface area (Å²) < 4.78 is 11.1. The Bertz CT molecular complexity index is 833. The van der Waals surface area contributed by atoms with Crippen LogP contribution in [0.4, 0.5) is 0 Å². The second-order valence-corrected chi connectivity index (χ2v) is 14.5. The van der Waals surface area contributed by atoms with E-state index in [1.165, 1.54) is 154 Å². The molecule has 0 aromatic heterocycles. The summed E-state index contributed by atoms with van der Waals surface area (Å²) in [7, 11) is 0. The topological polar surface area (TPSA) is 59.1 Å². The normalized spacial score (nSPS) is 11.5. The first-order chi connectivity index (χ1) is 24.5. The van der Waals surface area contributed by atoms with E-state index in [9.17, 15) is 9.59 Å². The lowest BCUT2D eigenvalue weighted by Gasteiger charge is -2.20. The van der Waals surface area contributed by atoms with Gasteiger partial charge in [-0.15, -0.1) is 0 Å². The van der Waals surface area contributed by atoms with Crippen LogP contribution in [0.1, 0.15) is 203 Å². The predicted molar refractivity (Wildman–Crippen MR) is 213 cm³/mol. The fourth-order valence-corrected chi connectivity index (χ4v) is 6.65. The molecule has 0 aliphatic rings. The van der Waals surface area contributed by atoms with Crippen molar-refractivity contribution in [3.63, 3.8) is 0 Å². The van der Waals surface area contributed by atoms with Gasteiger partial charge in [0.25, 0.3) is 0 Å². The first kappa shape index (κ1) is 46.1. The van der Waals surface area contributed by atoms with Crippen LogP contribution in [0.2, 0.25) is 0 Å². The number of ether oxygens (including phenoxy) is 2. The molecule has 0 saturated heterocycles. The quantitative estimate of drug-likeness (QED) is 0.0513. The predicted octanol–water partition coefficient (Wildman–Crippen LogP) is 12.0. The number of likely N-dealkylation sites (N-methyl/N-ethyl adjacent to an activating group) is 2. The summed E-state index contributed by atoms with van der Waals surface area (Å²) in [4.78, 5) is 30.0. The van der Waals surface area contributed by atoms with Crippen molar-refractivity contribution >= 4 is 11.9 Å². The summed E-state index contributed by atoms with van der Waals surface area (Å²) in [5.74, 6) is -0.689. The zero-order valence-corrected chi connectivity index (χ0v) is 33.5. The second-order valence-electron chi connectivity index (χ2n) is 14.5. The average molecular weight is 701 g/mol. The lowest BCUT2D eigenvalue weighted by molar-refractivity contribution is 0.0449. The molecule has 0 radical (unpaired) electrons. The highest BCUT2D eigenvalue weighted by molar-refractivity contribution is 5.93. The molecule has 1 aromatic carbocycles. The van der Waals surface area contributed by atoms with Crippen molar-refractivity contribution < 1.29 is 19.1 Å². The van der Waals surface area contributed by atoms with E-state index in [2.05, 4.69) is 37.5 Å². The molecule has 6 nitrogen and oxygen atoms in total. The van der Waals surface area contributed by atoms with Gasteiger partial charge in [0.05, 0.1) is 11.1 Å². The van der Waals surface area contributed by atoms with Crippen LogP contribution in [-0.2, 0) is 9.47 Å². The highest BCUT2D eigenvalue weighted by atomic mass is 16.5. The minimum Gasteiger partial charge on any atom is -0.461 e. The first-order valence-corrected chi connectivity index (χ1v) is 21.4. The number of unbranched alkanes of at least 4 members (excludes halogenated alkanes) is 22. The van der Waals surface area contributed by atoms with Crippen molar-refractivity contribution in [1.82, 2.24) is 9.80 Å². The van der Waals surface area contributed by atoms with Crippen molar-refractivity contribution in [3.8, 4) is 0 Å². The van der Waals surface area contributed by atoms with Crippen LogP contribution in [0.5, 0.6) is 0 Å². The van der Waals surface area contributed by atoms with Gasteiger partial charge < -0.3 is 19.3 Å². The average Bonchev–Trinajstić information content (AvgIpc) is 3.14. The molecule has 0 unspecified atom stereocenters. The van der Waals surface area contributed by atoms with E-state index in [4.69, 9.17) is 9.47 Å². The Morgan fingerprint density at radius 2 is 0.660 bits per heavy atom. The van der Waals surface area contributed by atoms with Gasteiger partial charge in [0.1, 0.15) is 13.2 Å². The zero-order valence-electron chi connectivity index (χ0n) is 33.5. The van der Waals surface area contributed by atoms with E-state index >= 15 is 0 Å². The fraction of sp³-hybridized carbons (Fsp3) is 0.818. The van der Waals surface area contributed by atoms with E-state index < -0.39 is 0 Å². The lowest BCUT2D eigenvalue weighted by atomic mass is 10.1. The van der Waals surface area contributed by atoms with Gasteiger partial charge in [0, 0.05) is 13.1 Å². The van der Waals surface area contributed by atoms with Crippen LogP contribution in [-0.4, -0.2) is 74.2 Å². The highest BCUT2D eigenvalue weighted by Gasteiger charge is 2.13. The Hall–Kier alpha value is -1.92. The molecule has 6 heteroatoms. The van der Waals surface area contributed by atoms with E-state index in [1.807, 2.05) is 0 Å². The number of hydrogen-bond donors (Lipinski definition) is 0. The highest BCUT2D eigenvalue weighted by Crippen LogP contribution is 2.14. The van der Waals surface area contributed by atoms with Crippen LogP contribution in [0.15, 0.2) is 24.3 Å². The van der Waals surface area contributed by atoms with Crippen molar-refractivity contribution in [1.29, 1.82) is 0 Å². The molecule has 0 aliphatic carbocycles. The Morgan fingerprint density at radius 1 is 0.400 bits per heavy atom. The van der Waals surface area contributed by atoms with Crippen LogP contribution in [0.3, 0.4) is 0 Å². The largest absolute Gasteiger partial charge is 0.461 e. The molecule has 0 amide bonds. The van der Waals surface area contributed by atoms with Gasteiger partial charge in [0.2, 0.25) is 0 Å². The zero-order chi connectivity index (χ0) is 36.3. The second kappa shape index (κ2) is 34.2. The Balaban J connectivity index is 2.12. The molecular weight excluding hydrogens is 620 g/mol. The van der Waals surface area contributed by atoms with Gasteiger partial charge in [-0.2, -0.15) is 0 Å². The summed E-state index contributed by atoms with van der Waals surface area (Å²) in [5, 5.41) is 0. The number of carbonyl (C=O) groups excluding carboxylic acids is 2. The van der Waals surface area contributed by atoms with Crippen molar-refractivity contribution in [3.05, 3.63) is 35.4 Å². The number of nitrogens with zero attached hydrogens (tertiary/aromatic N) is 2. The lowest BCUT2D eigenvalue weighted by Crippen LogP contribution is -2.29. The van der Waals surface area contributed by atoms with E-state index in [0.717, 1.165) is 39.3 Å². The molecule has 0 N–H and O–H groups in total. The Labute approximate surface area is 309 Å². The minimum atomic E-state index is -0.345. The molecule has 0 atom stereocenters. The SMILES string of the molecule is CCCCCCCCCCCCCCN(CC)CCOC(=O)c1ccc(C(=O)OCCN(CC)CCCCCCCCCCCCCC)cc1. The number of benzene rings is 1. The molecule has 0 heterocycles. The van der Waals surface area contributed by atoms with E-state index in [-0.39, 0.29) is 11.9 Å². The third kappa shape index (κ3) is 25.9. The van der Waals surface area contributed by atoms with E-state index in [1.54, 1.807) is 24.3 Å². The van der Waals surface area contributed by atoms with Gasteiger partial charge in [-0.25, -0.2) is 9.59 Å². The third-order valence-corrected chi connectivity index (χ3v) is 10.2. The fourth-order valence-electron chi connectivity index (χ4n) is 6.65. The van der Waals surface area contributed by atoms with Crippen LogP contribution >= 0.6 is 0 Å². The van der Waals surface area contributed by atoms with Crippen LogP contribution < -0.4 is 0 Å².